The minimum absolute atomic E-state index is 0.0361. The van der Waals surface area contributed by atoms with Crippen molar-refractivity contribution in [3.05, 3.63) is 40.7 Å². The lowest BCUT2D eigenvalue weighted by atomic mass is 10.1. The van der Waals surface area contributed by atoms with Gasteiger partial charge in [0.1, 0.15) is 26.2 Å². The molecular weight excluding hydrogens is 330 g/mol. The van der Waals surface area contributed by atoms with Crippen LogP contribution in [0.1, 0.15) is 20.8 Å². The molecule has 1 aliphatic rings. The van der Waals surface area contributed by atoms with Crippen molar-refractivity contribution in [2.24, 2.45) is 0 Å². The van der Waals surface area contributed by atoms with Crippen LogP contribution in [0.2, 0.25) is 0 Å². The quantitative estimate of drug-likeness (QED) is 0.594. The summed E-state index contributed by atoms with van der Waals surface area (Å²) in [5, 5.41) is 8.07. The van der Waals surface area contributed by atoms with E-state index in [1.54, 1.807) is 0 Å². The number of carbonyl (C=O) groups is 1. The van der Waals surface area contributed by atoms with Crippen LogP contribution in [-0.2, 0) is 11.5 Å². The van der Waals surface area contributed by atoms with Gasteiger partial charge in [-0.1, -0.05) is 12.1 Å². The van der Waals surface area contributed by atoms with E-state index in [-0.39, 0.29) is 16.9 Å². The first-order valence-corrected chi connectivity index (χ1v) is 9.25. The van der Waals surface area contributed by atoms with Crippen LogP contribution in [0.25, 0.3) is 10.9 Å². The average Bonchev–Trinajstić information content (AvgIpc) is 2.58. The molecular formula is C19H29N5O2+2. The van der Waals surface area contributed by atoms with Crippen molar-refractivity contribution in [2.75, 3.05) is 32.7 Å². The van der Waals surface area contributed by atoms with Crippen LogP contribution in [-0.4, -0.2) is 54.0 Å². The predicted molar refractivity (Wildman–Crippen MR) is 100 cm³/mol. The average molecular weight is 359 g/mol. The van der Waals surface area contributed by atoms with Crippen LogP contribution >= 0.6 is 0 Å². The van der Waals surface area contributed by atoms with Gasteiger partial charge in [0.2, 0.25) is 5.43 Å². The lowest BCUT2D eigenvalue weighted by molar-refractivity contribution is -1.02. The minimum Gasteiger partial charge on any atom is -0.347 e. The summed E-state index contributed by atoms with van der Waals surface area (Å²) in [6, 6.07) is 7.61. The Hall–Kier alpha value is -2.25. The van der Waals surface area contributed by atoms with E-state index in [0.29, 0.717) is 11.9 Å². The maximum Gasteiger partial charge on any atom is 0.275 e. The van der Waals surface area contributed by atoms with Gasteiger partial charge in [0, 0.05) is 10.9 Å². The van der Waals surface area contributed by atoms with Crippen LogP contribution in [0.4, 0.5) is 0 Å². The number of piperazine rings is 1. The smallest absolute Gasteiger partial charge is 0.275 e. The third-order valence-corrected chi connectivity index (χ3v) is 4.72. The number of amides is 1. The molecule has 2 heterocycles. The number of hydrogen-bond acceptors (Lipinski definition) is 3. The summed E-state index contributed by atoms with van der Waals surface area (Å²) in [4.78, 5) is 26.8. The van der Waals surface area contributed by atoms with Crippen molar-refractivity contribution in [1.82, 2.24) is 15.1 Å². The van der Waals surface area contributed by atoms with Crippen molar-refractivity contribution in [3.63, 3.8) is 0 Å². The van der Waals surface area contributed by atoms with Crippen molar-refractivity contribution in [2.45, 2.75) is 33.0 Å². The summed E-state index contributed by atoms with van der Waals surface area (Å²) in [5.41, 5.74) is 0.665. The molecule has 140 valence electrons. The Kier molecular flexibility index (Phi) is 5.38. The standard InChI is InChI=1S/C19H27N5O2/c1-19(2,3)21-18(26)13-22-8-10-23(11-9-22)14-24-16-7-5-4-6-15(16)17(25)12-20-24/h4-7,12H,8-11,13-14H2,1-3H3,(H,21,26)/p+2. The van der Waals surface area contributed by atoms with Gasteiger partial charge in [-0.25, -0.2) is 4.68 Å². The Labute approximate surface area is 153 Å². The van der Waals surface area contributed by atoms with Crippen LogP contribution in [0.15, 0.2) is 35.3 Å². The molecule has 0 bridgehead atoms. The lowest BCUT2D eigenvalue weighted by Crippen LogP contribution is -3.28. The monoisotopic (exact) mass is 359 g/mol. The van der Waals surface area contributed by atoms with E-state index in [1.807, 2.05) is 49.7 Å². The second kappa shape index (κ2) is 7.55. The van der Waals surface area contributed by atoms with Crippen LogP contribution in [0.3, 0.4) is 0 Å². The number of nitrogens with one attached hydrogen (secondary N) is 3. The Balaban J connectivity index is 1.57. The van der Waals surface area contributed by atoms with Crippen LogP contribution in [0, 0.1) is 0 Å². The highest BCUT2D eigenvalue weighted by atomic mass is 16.2. The maximum atomic E-state index is 12.1. The summed E-state index contributed by atoms with van der Waals surface area (Å²) in [7, 11) is 0. The minimum atomic E-state index is -0.180. The predicted octanol–water partition coefficient (Wildman–Crippen LogP) is -1.95. The molecule has 3 rings (SSSR count). The van der Waals surface area contributed by atoms with Crippen molar-refractivity contribution in [3.8, 4) is 0 Å². The van der Waals surface area contributed by atoms with E-state index >= 15 is 0 Å². The van der Waals surface area contributed by atoms with Crippen molar-refractivity contribution < 1.29 is 14.6 Å². The first-order chi connectivity index (χ1) is 12.3. The molecule has 1 amide bonds. The third-order valence-electron chi connectivity index (χ3n) is 4.72. The zero-order chi connectivity index (χ0) is 18.7. The third kappa shape index (κ3) is 4.68. The molecule has 2 aromatic rings. The summed E-state index contributed by atoms with van der Waals surface area (Å²) >= 11 is 0. The van der Waals surface area contributed by atoms with Gasteiger partial charge in [-0.05, 0) is 32.9 Å². The molecule has 1 saturated heterocycles. The fourth-order valence-corrected chi connectivity index (χ4v) is 3.48. The molecule has 26 heavy (non-hydrogen) atoms. The first-order valence-electron chi connectivity index (χ1n) is 9.25. The molecule has 0 aliphatic carbocycles. The molecule has 1 fully saturated rings. The van der Waals surface area contributed by atoms with Gasteiger partial charge in [0.05, 0.1) is 11.7 Å². The highest BCUT2D eigenvalue weighted by molar-refractivity contribution is 5.78. The number of aromatic nitrogens is 2. The number of rotatable bonds is 4. The van der Waals surface area contributed by atoms with Gasteiger partial charge in [-0.2, -0.15) is 5.10 Å². The summed E-state index contributed by atoms with van der Waals surface area (Å²) in [6.45, 7) is 11.2. The van der Waals surface area contributed by atoms with Gasteiger partial charge in [0.25, 0.3) is 5.91 Å². The molecule has 1 aliphatic heterocycles. The SMILES string of the molecule is CC(C)(C)NC(=O)C[NH+]1CC[NH+](Cn2ncc(=O)c3ccccc32)CC1. The molecule has 1 aromatic carbocycles. The van der Waals surface area contributed by atoms with E-state index in [9.17, 15) is 9.59 Å². The largest absolute Gasteiger partial charge is 0.347 e. The zero-order valence-electron chi connectivity index (χ0n) is 15.8. The molecule has 0 saturated carbocycles. The molecule has 0 unspecified atom stereocenters. The van der Waals surface area contributed by atoms with Crippen molar-refractivity contribution in [1.29, 1.82) is 0 Å². The molecule has 0 radical (unpaired) electrons. The second-order valence-electron chi connectivity index (χ2n) is 8.16. The number of quaternary nitrogens is 2. The van der Waals surface area contributed by atoms with Gasteiger partial charge in [-0.15, -0.1) is 0 Å². The Bertz CT molecular complexity index is 832. The van der Waals surface area contributed by atoms with Crippen LogP contribution in [0.5, 0.6) is 0 Å². The zero-order valence-corrected chi connectivity index (χ0v) is 15.8. The topological polar surface area (TPSA) is 72.9 Å². The highest BCUT2D eigenvalue weighted by Crippen LogP contribution is 2.06. The first kappa shape index (κ1) is 18.5. The van der Waals surface area contributed by atoms with Gasteiger partial charge >= 0.3 is 0 Å². The van der Waals surface area contributed by atoms with E-state index < -0.39 is 0 Å². The number of benzene rings is 1. The normalized spacial score (nSPS) is 20.9. The van der Waals surface area contributed by atoms with Gasteiger partial charge in [0.15, 0.2) is 13.2 Å². The number of hydrogen-bond donors (Lipinski definition) is 3. The number of fused-ring (bicyclic) bond motifs is 1. The van der Waals surface area contributed by atoms with Gasteiger partial charge < -0.3 is 15.1 Å². The highest BCUT2D eigenvalue weighted by Gasteiger charge is 2.26. The fraction of sp³-hybridized carbons (Fsp3) is 0.526. The molecule has 1 aromatic heterocycles. The summed E-state index contributed by atoms with van der Waals surface area (Å²) in [6.07, 6.45) is 1.40. The molecule has 7 heteroatoms. The number of carbonyl (C=O) groups excluding carboxylic acids is 1. The van der Waals surface area contributed by atoms with Crippen molar-refractivity contribution >= 4 is 16.8 Å². The van der Waals surface area contributed by atoms with E-state index in [1.165, 1.54) is 16.0 Å². The van der Waals surface area contributed by atoms with Gasteiger partial charge in [-0.3, -0.25) is 9.59 Å². The molecule has 0 atom stereocenters. The van der Waals surface area contributed by atoms with E-state index in [2.05, 4.69) is 10.4 Å². The van der Waals surface area contributed by atoms with E-state index in [0.717, 1.165) is 38.4 Å². The molecule has 3 N–H and O–H groups in total. The number of para-hydroxylation sites is 1. The summed E-state index contributed by atoms with van der Waals surface area (Å²) < 4.78 is 1.92. The number of nitrogens with zero attached hydrogens (tertiary/aromatic N) is 2. The molecule has 0 spiro atoms. The Morgan fingerprint density at radius 1 is 1.15 bits per heavy atom. The van der Waals surface area contributed by atoms with E-state index in [4.69, 9.17) is 0 Å². The molecule has 7 nitrogen and oxygen atoms in total. The second-order valence-corrected chi connectivity index (χ2v) is 8.16. The lowest BCUT2D eigenvalue weighted by Gasteiger charge is -2.30. The maximum absolute atomic E-state index is 12.1. The Morgan fingerprint density at radius 3 is 2.50 bits per heavy atom. The Morgan fingerprint density at radius 2 is 1.81 bits per heavy atom. The summed E-state index contributed by atoms with van der Waals surface area (Å²) in [5.74, 6) is 0.115. The fourth-order valence-electron chi connectivity index (χ4n) is 3.48. The van der Waals surface area contributed by atoms with Crippen LogP contribution < -0.4 is 20.5 Å².